The maximum absolute atomic E-state index is 9.36. The molecular weight excluding hydrogens is 534 g/mol. The summed E-state index contributed by atoms with van der Waals surface area (Å²) in [6, 6.07) is 55.1. The van der Waals surface area contributed by atoms with Crippen molar-refractivity contribution in [3.8, 4) is 34.0 Å². The molecule has 0 saturated heterocycles. The molecule has 0 atom stereocenters. The van der Waals surface area contributed by atoms with Crippen molar-refractivity contribution >= 4 is 28.0 Å². The quantitative estimate of drug-likeness (QED) is 0.201. The third kappa shape index (κ3) is 4.93. The number of para-hydroxylation sites is 1. The van der Waals surface area contributed by atoms with Crippen LogP contribution >= 0.6 is 0 Å². The van der Waals surface area contributed by atoms with E-state index in [4.69, 9.17) is 0 Å². The number of hydrogen-bond donors (Lipinski definition) is 0. The largest absolute Gasteiger partial charge is 0.314 e. The first kappa shape index (κ1) is 27.0. The predicted molar refractivity (Wildman–Crippen MR) is 183 cm³/mol. The Bertz CT molecular complexity index is 2100. The van der Waals surface area contributed by atoms with E-state index in [-0.39, 0.29) is 0 Å². The van der Waals surface area contributed by atoms with Crippen molar-refractivity contribution in [3.05, 3.63) is 168 Å². The van der Waals surface area contributed by atoms with Crippen LogP contribution in [-0.4, -0.2) is 4.57 Å². The number of rotatable bonds is 6. The molecule has 44 heavy (non-hydrogen) atoms. The molecule has 210 valence electrons. The van der Waals surface area contributed by atoms with Crippen LogP contribution < -0.4 is 4.90 Å². The highest BCUT2D eigenvalue weighted by atomic mass is 15.1. The molecular formula is C41H31N3. The van der Waals surface area contributed by atoms with Crippen molar-refractivity contribution in [1.82, 2.24) is 4.57 Å². The van der Waals surface area contributed by atoms with Crippen LogP contribution in [0.5, 0.6) is 0 Å². The van der Waals surface area contributed by atoms with Crippen LogP contribution in [-0.2, 0) is 0 Å². The van der Waals surface area contributed by atoms with E-state index in [1.54, 1.807) is 0 Å². The average Bonchev–Trinajstić information content (AvgIpc) is 3.35. The van der Waals surface area contributed by atoms with Gasteiger partial charge in [0.05, 0.1) is 17.1 Å². The number of nitriles is 1. The number of anilines is 3. The lowest BCUT2D eigenvalue weighted by atomic mass is 10.0. The van der Waals surface area contributed by atoms with Crippen molar-refractivity contribution < 1.29 is 0 Å². The van der Waals surface area contributed by atoms with E-state index in [1.807, 2.05) is 30.3 Å². The van der Waals surface area contributed by atoms with E-state index in [0.717, 1.165) is 28.3 Å². The van der Waals surface area contributed by atoms with Gasteiger partial charge in [0.1, 0.15) is 0 Å². The van der Waals surface area contributed by atoms with Gasteiger partial charge in [-0.15, -0.1) is 0 Å². The summed E-state index contributed by atoms with van der Waals surface area (Å²) in [6.07, 6.45) is 0. The Morgan fingerprint density at radius 2 is 0.955 bits per heavy atom. The summed E-state index contributed by atoms with van der Waals surface area (Å²) >= 11 is 0. The van der Waals surface area contributed by atoms with Gasteiger partial charge in [0.25, 0.3) is 0 Å². The van der Waals surface area contributed by atoms with Crippen LogP contribution in [0.3, 0.4) is 0 Å². The van der Waals surface area contributed by atoms with Gasteiger partial charge in [0.15, 0.2) is 0 Å². The lowest BCUT2D eigenvalue weighted by Gasteiger charge is -2.26. The molecule has 6 aromatic carbocycles. The standard InChI is InChI=1S/C41H31N3/c1-29-30(2)43(41-11-7-6-10-40(29)41)36-22-14-34(15-23-36)35-18-26-39(27-19-35)44(37-20-12-31(28-42)13-21-37)38-24-16-33(17-25-38)32-8-4-3-5-9-32/h3-27H,1-2H3. The minimum atomic E-state index is 0.644. The summed E-state index contributed by atoms with van der Waals surface area (Å²) in [5.74, 6) is 0. The molecule has 0 bridgehead atoms. The summed E-state index contributed by atoms with van der Waals surface area (Å²) in [4.78, 5) is 2.23. The van der Waals surface area contributed by atoms with Crippen molar-refractivity contribution in [2.75, 3.05) is 4.90 Å². The zero-order valence-corrected chi connectivity index (χ0v) is 24.8. The number of hydrogen-bond acceptors (Lipinski definition) is 2. The fourth-order valence-corrected chi connectivity index (χ4v) is 6.03. The first-order valence-corrected chi connectivity index (χ1v) is 14.8. The summed E-state index contributed by atoms with van der Waals surface area (Å²) in [5.41, 5.74) is 13.4. The number of nitrogens with zero attached hydrogens (tertiary/aromatic N) is 3. The van der Waals surface area contributed by atoms with Crippen molar-refractivity contribution in [2.24, 2.45) is 0 Å². The smallest absolute Gasteiger partial charge is 0.0991 e. The highest BCUT2D eigenvalue weighted by Gasteiger charge is 2.15. The van der Waals surface area contributed by atoms with Crippen LogP contribution in [0.1, 0.15) is 16.8 Å². The topological polar surface area (TPSA) is 32.0 Å². The van der Waals surface area contributed by atoms with Gasteiger partial charge in [-0.25, -0.2) is 0 Å². The third-order valence-electron chi connectivity index (χ3n) is 8.50. The predicted octanol–water partition coefficient (Wildman–Crippen LogP) is 10.9. The second-order valence-electron chi connectivity index (χ2n) is 11.1. The molecule has 0 radical (unpaired) electrons. The molecule has 1 heterocycles. The lowest BCUT2D eigenvalue weighted by Crippen LogP contribution is -2.09. The first-order chi connectivity index (χ1) is 21.6. The molecule has 0 unspecified atom stereocenters. The second kappa shape index (κ2) is 11.4. The summed E-state index contributed by atoms with van der Waals surface area (Å²) in [5, 5.41) is 10.7. The van der Waals surface area contributed by atoms with Gasteiger partial charge in [-0.2, -0.15) is 5.26 Å². The average molecular weight is 566 g/mol. The van der Waals surface area contributed by atoms with E-state index in [2.05, 4.69) is 151 Å². The molecule has 0 spiro atoms. The fraction of sp³-hybridized carbons (Fsp3) is 0.0488. The number of aromatic nitrogens is 1. The van der Waals surface area contributed by atoms with Crippen LogP contribution in [0.4, 0.5) is 17.1 Å². The van der Waals surface area contributed by atoms with Crippen molar-refractivity contribution in [1.29, 1.82) is 5.26 Å². The lowest BCUT2D eigenvalue weighted by molar-refractivity contribution is 1.04. The van der Waals surface area contributed by atoms with Crippen molar-refractivity contribution in [3.63, 3.8) is 0 Å². The van der Waals surface area contributed by atoms with Gasteiger partial charge in [-0.1, -0.05) is 84.9 Å². The maximum Gasteiger partial charge on any atom is 0.0991 e. The fourth-order valence-electron chi connectivity index (χ4n) is 6.03. The number of benzene rings is 6. The zero-order chi connectivity index (χ0) is 30.0. The molecule has 0 N–H and O–H groups in total. The van der Waals surface area contributed by atoms with Crippen LogP contribution in [0, 0.1) is 25.2 Å². The minimum absolute atomic E-state index is 0.644. The summed E-state index contributed by atoms with van der Waals surface area (Å²) in [6.45, 7) is 4.39. The van der Waals surface area contributed by atoms with Crippen LogP contribution in [0.15, 0.2) is 152 Å². The first-order valence-electron chi connectivity index (χ1n) is 14.8. The highest BCUT2D eigenvalue weighted by molar-refractivity contribution is 5.87. The van der Waals surface area contributed by atoms with E-state index in [1.165, 1.54) is 38.9 Å². The molecule has 3 heteroatoms. The number of fused-ring (bicyclic) bond motifs is 1. The Balaban J connectivity index is 1.21. The highest BCUT2D eigenvalue weighted by Crippen LogP contribution is 2.37. The molecule has 0 aliphatic rings. The molecule has 0 fully saturated rings. The van der Waals surface area contributed by atoms with Gasteiger partial charge >= 0.3 is 0 Å². The van der Waals surface area contributed by atoms with E-state index >= 15 is 0 Å². The Kier molecular flexibility index (Phi) is 7.02. The monoisotopic (exact) mass is 565 g/mol. The van der Waals surface area contributed by atoms with Gasteiger partial charge in [-0.05, 0) is 108 Å². The summed E-state index contributed by atoms with van der Waals surface area (Å²) < 4.78 is 2.34. The Labute approximate surface area is 258 Å². The van der Waals surface area contributed by atoms with E-state index < -0.39 is 0 Å². The van der Waals surface area contributed by atoms with Gasteiger partial charge in [-0.3, -0.25) is 0 Å². The Morgan fingerprint density at radius 1 is 0.500 bits per heavy atom. The molecule has 3 nitrogen and oxygen atoms in total. The Morgan fingerprint density at radius 3 is 1.50 bits per heavy atom. The normalized spacial score (nSPS) is 10.9. The Hall–Kier alpha value is -5.85. The van der Waals surface area contributed by atoms with Crippen LogP contribution in [0.25, 0.3) is 38.8 Å². The molecule has 0 aliphatic heterocycles. The van der Waals surface area contributed by atoms with Gasteiger partial charge < -0.3 is 9.47 Å². The maximum atomic E-state index is 9.36. The van der Waals surface area contributed by atoms with Crippen molar-refractivity contribution in [2.45, 2.75) is 13.8 Å². The van der Waals surface area contributed by atoms with Gasteiger partial charge in [0, 0.05) is 33.8 Å². The molecule has 1 aromatic heterocycles. The van der Waals surface area contributed by atoms with Gasteiger partial charge in [0.2, 0.25) is 0 Å². The van der Waals surface area contributed by atoms with E-state index in [9.17, 15) is 5.26 Å². The summed E-state index contributed by atoms with van der Waals surface area (Å²) in [7, 11) is 0. The molecule has 7 rings (SSSR count). The van der Waals surface area contributed by atoms with Crippen LogP contribution in [0.2, 0.25) is 0 Å². The third-order valence-corrected chi connectivity index (χ3v) is 8.50. The molecule has 7 aromatic rings. The SMILES string of the molecule is Cc1c(C)n(-c2ccc(-c3ccc(N(c4ccc(C#N)cc4)c4ccc(-c5ccccc5)cc4)cc3)cc2)c2ccccc12. The minimum Gasteiger partial charge on any atom is -0.314 e. The second-order valence-corrected chi connectivity index (χ2v) is 11.1. The zero-order valence-electron chi connectivity index (χ0n) is 24.8. The molecule has 0 aliphatic carbocycles. The molecule has 0 saturated carbocycles. The molecule has 0 amide bonds. The van der Waals surface area contributed by atoms with E-state index in [0.29, 0.717) is 5.56 Å². The number of aryl methyl sites for hydroxylation is 1.